The lowest BCUT2D eigenvalue weighted by Gasteiger charge is -2.33. The number of carboxylic acid groups (broad SMARTS) is 1. The van der Waals surface area contributed by atoms with Crippen LogP contribution in [0.25, 0.3) is 0 Å². The number of carbonyl (C=O) groups excluding carboxylic acids is 3. The fraction of sp³-hybridized carbons (Fsp3) is 0.348. The molecule has 4 N–H and O–H groups in total. The molecule has 2 rings (SSSR count). The summed E-state index contributed by atoms with van der Waals surface area (Å²) >= 11 is 0. The van der Waals surface area contributed by atoms with Gasteiger partial charge in [-0.15, -0.1) is 0 Å². The Balaban J connectivity index is 2.62. The molecule has 2 amide bonds. The molecule has 1 aromatic carbocycles. The Morgan fingerprint density at radius 3 is 2.19 bits per heavy atom. The Hall–Kier alpha value is -3.59. The van der Waals surface area contributed by atoms with Gasteiger partial charge in [-0.1, -0.05) is 30.3 Å². The van der Waals surface area contributed by atoms with Crippen LogP contribution in [0.4, 0.5) is 4.79 Å². The lowest BCUT2D eigenvalue weighted by atomic mass is 9.69. The number of nitrogens with two attached hydrogens (primary N) is 1. The number of benzene rings is 1. The second kappa shape index (κ2) is 10.1. The van der Waals surface area contributed by atoms with Gasteiger partial charge in [-0.2, -0.15) is 0 Å². The Labute approximate surface area is 186 Å². The third-order valence-electron chi connectivity index (χ3n) is 4.64. The molecule has 2 atom stereocenters. The minimum absolute atomic E-state index is 0.154. The van der Waals surface area contributed by atoms with Crippen molar-refractivity contribution in [3.63, 3.8) is 0 Å². The molecular weight excluding hydrogens is 414 g/mol. The number of aromatic nitrogens is 1. The van der Waals surface area contributed by atoms with Crippen LogP contribution in [0.2, 0.25) is 0 Å². The molecule has 1 heterocycles. The number of hydrogen-bond acceptors (Lipinski definition) is 7. The monoisotopic (exact) mass is 441 g/mol. The number of carboxylic acids is 1. The first-order valence-corrected chi connectivity index (χ1v) is 9.96. The lowest BCUT2D eigenvalue weighted by molar-refractivity contribution is -0.143. The van der Waals surface area contributed by atoms with Gasteiger partial charge in [0.15, 0.2) is 5.78 Å². The van der Waals surface area contributed by atoms with E-state index < -0.39 is 47.2 Å². The molecular formula is C23H27N3O6. The highest BCUT2D eigenvalue weighted by Gasteiger charge is 2.50. The van der Waals surface area contributed by atoms with Crippen LogP contribution in [0.15, 0.2) is 54.9 Å². The fourth-order valence-corrected chi connectivity index (χ4v) is 3.29. The van der Waals surface area contributed by atoms with Crippen LogP contribution in [-0.2, 0) is 31.0 Å². The number of pyridine rings is 1. The van der Waals surface area contributed by atoms with Crippen molar-refractivity contribution in [3.05, 3.63) is 66.0 Å². The third-order valence-corrected chi connectivity index (χ3v) is 4.64. The number of alkyl carbamates (subject to hydrolysis) is 1. The molecule has 2 aromatic rings. The number of hydrogen-bond donors (Lipinski definition) is 3. The number of amides is 2. The van der Waals surface area contributed by atoms with E-state index in [0.29, 0.717) is 5.56 Å². The van der Waals surface area contributed by atoms with Crippen molar-refractivity contribution in [2.75, 3.05) is 0 Å². The van der Waals surface area contributed by atoms with Gasteiger partial charge in [0.2, 0.25) is 5.91 Å². The van der Waals surface area contributed by atoms with Crippen LogP contribution >= 0.6 is 0 Å². The van der Waals surface area contributed by atoms with Crippen LogP contribution in [0.5, 0.6) is 0 Å². The van der Waals surface area contributed by atoms with E-state index in [-0.39, 0.29) is 12.0 Å². The van der Waals surface area contributed by atoms with Crippen LogP contribution in [0.1, 0.15) is 38.3 Å². The van der Waals surface area contributed by atoms with Gasteiger partial charge in [-0.3, -0.25) is 24.7 Å². The summed E-state index contributed by atoms with van der Waals surface area (Å²) in [4.78, 5) is 54.7. The van der Waals surface area contributed by atoms with Gasteiger partial charge in [-0.25, -0.2) is 4.79 Å². The molecule has 0 saturated heterocycles. The zero-order valence-electron chi connectivity index (χ0n) is 18.2. The Morgan fingerprint density at radius 1 is 1.06 bits per heavy atom. The summed E-state index contributed by atoms with van der Waals surface area (Å²) in [6.07, 6.45) is 0.921. The van der Waals surface area contributed by atoms with E-state index >= 15 is 0 Å². The minimum Gasteiger partial charge on any atom is -0.481 e. The maximum Gasteiger partial charge on any atom is 0.414 e. The number of ketones is 1. The summed E-state index contributed by atoms with van der Waals surface area (Å²) in [7, 11) is 0. The number of rotatable bonds is 8. The minimum atomic E-state index is -1.99. The van der Waals surface area contributed by atoms with Crippen LogP contribution in [-0.4, -0.2) is 45.5 Å². The largest absolute Gasteiger partial charge is 0.481 e. The molecule has 0 fully saturated rings. The van der Waals surface area contributed by atoms with Crippen LogP contribution in [0, 0.1) is 0 Å². The summed E-state index contributed by atoms with van der Waals surface area (Å²) in [6, 6.07) is 10.1. The van der Waals surface area contributed by atoms with E-state index in [0.717, 1.165) is 0 Å². The zero-order chi connectivity index (χ0) is 23.9. The molecule has 170 valence electrons. The molecule has 9 nitrogen and oxygen atoms in total. The zero-order valence-corrected chi connectivity index (χ0v) is 18.2. The van der Waals surface area contributed by atoms with Crippen molar-refractivity contribution in [1.29, 1.82) is 0 Å². The Kier molecular flexibility index (Phi) is 7.82. The number of nitrogens with one attached hydrogen (secondary N) is 1. The number of nitrogens with zero attached hydrogens (tertiary/aromatic N) is 1. The lowest BCUT2D eigenvalue weighted by Crippen LogP contribution is -2.58. The van der Waals surface area contributed by atoms with Crippen molar-refractivity contribution < 1.29 is 29.0 Å². The predicted octanol–water partition coefficient (Wildman–Crippen LogP) is 1.98. The normalized spacial score (nSPS) is 14.0. The van der Waals surface area contributed by atoms with Gasteiger partial charge < -0.3 is 15.6 Å². The first-order valence-electron chi connectivity index (χ1n) is 9.96. The number of Topliss-reactive ketones (excluding diaryl/α,β-unsaturated/α-hetero) is 1. The molecule has 0 saturated carbocycles. The SMILES string of the molecule is CC(C)(C)OC(=O)NC(=O)C(Cc1ccccc1)(C(=O)[C@H](N)CC(=O)O)c1ccncc1. The Bertz CT molecular complexity index is 972. The van der Waals surface area contributed by atoms with Crippen molar-refractivity contribution in [2.24, 2.45) is 5.73 Å². The van der Waals surface area contributed by atoms with Crippen LogP contribution in [0.3, 0.4) is 0 Å². The van der Waals surface area contributed by atoms with Gasteiger partial charge >= 0.3 is 12.1 Å². The van der Waals surface area contributed by atoms with Crippen molar-refractivity contribution in [1.82, 2.24) is 10.3 Å². The molecule has 0 radical (unpaired) electrons. The number of ether oxygens (including phenoxy) is 1. The highest BCUT2D eigenvalue weighted by Crippen LogP contribution is 2.32. The van der Waals surface area contributed by atoms with Crippen molar-refractivity contribution >= 4 is 23.8 Å². The number of aliphatic carboxylic acids is 1. The molecule has 32 heavy (non-hydrogen) atoms. The van der Waals surface area contributed by atoms with Gasteiger partial charge in [-0.05, 0) is 50.5 Å². The van der Waals surface area contributed by atoms with Gasteiger partial charge in [0.05, 0.1) is 12.5 Å². The van der Waals surface area contributed by atoms with Crippen molar-refractivity contribution in [2.45, 2.75) is 50.7 Å². The quantitative estimate of drug-likeness (QED) is 0.527. The van der Waals surface area contributed by atoms with E-state index in [1.165, 1.54) is 24.5 Å². The summed E-state index contributed by atoms with van der Waals surface area (Å²) in [5.74, 6) is -3.09. The van der Waals surface area contributed by atoms with Gasteiger partial charge in [0.25, 0.3) is 0 Å². The molecule has 9 heteroatoms. The van der Waals surface area contributed by atoms with E-state index in [9.17, 15) is 19.2 Å². The molecule has 0 bridgehead atoms. The topological polar surface area (TPSA) is 149 Å². The molecule has 0 aliphatic heterocycles. The highest BCUT2D eigenvalue weighted by atomic mass is 16.6. The maximum atomic E-state index is 13.6. The molecule has 0 spiro atoms. The smallest absolute Gasteiger partial charge is 0.414 e. The summed E-state index contributed by atoms with van der Waals surface area (Å²) in [5.41, 5.74) is 3.89. The second-order valence-corrected chi connectivity index (χ2v) is 8.33. The average Bonchev–Trinajstić information content (AvgIpc) is 2.70. The summed E-state index contributed by atoms with van der Waals surface area (Å²) < 4.78 is 5.17. The van der Waals surface area contributed by atoms with Gasteiger partial charge in [0, 0.05) is 12.4 Å². The first-order chi connectivity index (χ1) is 15.0. The summed E-state index contributed by atoms with van der Waals surface area (Å²) in [6.45, 7) is 4.89. The van der Waals surface area contributed by atoms with Crippen molar-refractivity contribution in [3.8, 4) is 0 Å². The van der Waals surface area contributed by atoms with E-state index in [1.807, 2.05) is 0 Å². The third kappa shape index (κ3) is 6.21. The first kappa shape index (κ1) is 24.7. The van der Waals surface area contributed by atoms with E-state index in [2.05, 4.69) is 10.3 Å². The molecule has 1 unspecified atom stereocenters. The predicted molar refractivity (Wildman–Crippen MR) is 116 cm³/mol. The second-order valence-electron chi connectivity index (χ2n) is 8.33. The Morgan fingerprint density at radius 2 is 1.66 bits per heavy atom. The van der Waals surface area contributed by atoms with E-state index in [1.54, 1.807) is 51.1 Å². The standard InChI is InChI=1S/C23H27N3O6/c1-22(2,3)32-21(31)26-20(30)23(16-9-11-25-12-10-16,14-15-7-5-4-6-8-15)19(29)17(24)13-18(27)28/h4-12,17H,13-14,24H2,1-3H3,(H,27,28)(H,26,30,31)/t17-,23?/m1/s1. The fourth-order valence-electron chi connectivity index (χ4n) is 3.29. The highest BCUT2D eigenvalue weighted by molar-refractivity contribution is 6.17. The number of carbonyl (C=O) groups is 4. The average molecular weight is 441 g/mol. The maximum absolute atomic E-state index is 13.6. The van der Waals surface area contributed by atoms with Crippen LogP contribution < -0.4 is 11.1 Å². The molecule has 1 aromatic heterocycles. The summed E-state index contributed by atoms with van der Waals surface area (Å²) in [5, 5.41) is 11.3. The molecule has 0 aliphatic rings. The molecule has 0 aliphatic carbocycles. The van der Waals surface area contributed by atoms with E-state index in [4.69, 9.17) is 15.6 Å². The van der Waals surface area contributed by atoms with Gasteiger partial charge in [0.1, 0.15) is 11.0 Å². The number of imide groups is 1.